The van der Waals surface area contributed by atoms with E-state index < -0.39 is 11.9 Å². The summed E-state index contributed by atoms with van der Waals surface area (Å²) >= 11 is 6.80. The third kappa shape index (κ3) is 6.93. The van der Waals surface area contributed by atoms with E-state index in [4.69, 9.17) is 9.47 Å². The Kier molecular flexibility index (Phi) is 9.61. The van der Waals surface area contributed by atoms with Crippen LogP contribution in [-0.4, -0.2) is 31.2 Å². The molecule has 2 amide bonds. The van der Waals surface area contributed by atoms with Crippen molar-refractivity contribution in [1.29, 1.82) is 5.26 Å². The molecule has 0 radical (unpaired) electrons. The lowest BCUT2D eigenvalue weighted by molar-refractivity contribution is -0.122. The van der Waals surface area contributed by atoms with E-state index in [-0.39, 0.29) is 12.5 Å². The number of nitrogens with one attached hydrogen (secondary N) is 2. The van der Waals surface area contributed by atoms with E-state index in [1.807, 2.05) is 12.1 Å². The van der Waals surface area contributed by atoms with E-state index >= 15 is 0 Å². The second kappa shape index (κ2) is 12.9. The summed E-state index contributed by atoms with van der Waals surface area (Å²) < 4.78 is 12.6. The highest BCUT2D eigenvalue weighted by atomic mass is 79.9. The van der Waals surface area contributed by atoms with Crippen molar-refractivity contribution in [3.05, 3.63) is 91.9 Å². The van der Waals surface area contributed by atoms with Gasteiger partial charge in [0, 0.05) is 10.0 Å². The predicted molar refractivity (Wildman–Crippen MR) is 143 cm³/mol. The van der Waals surface area contributed by atoms with E-state index in [2.05, 4.69) is 53.8 Å². The summed E-state index contributed by atoms with van der Waals surface area (Å²) in [6.07, 6.45) is 1.45. The number of carbonyl (C=O) groups excluding carboxylic acids is 2. The molecule has 0 bridgehead atoms. The van der Waals surface area contributed by atoms with E-state index in [9.17, 15) is 14.9 Å². The van der Waals surface area contributed by atoms with Crippen molar-refractivity contribution in [2.75, 3.05) is 7.11 Å². The normalized spacial score (nSPS) is 11.4. The van der Waals surface area contributed by atoms with Crippen LogP contribution in [0.25, 0.3) is 0 Å². The number of carbonyl (C=O) groups is 2. The lowest BCUT2D eigenvalue weighted by Gasteiger charge is -2.14. The Morgan fingerprint density at radius 3 is 2.56 bits per heavy atom. The molecule has 0 heterocycles. The Morgan fingerprint density at radius 2 is 1.83 bits per heavy atom. The van der Waals surface area contributed by atoms with Crippen molar-refractivity contribution in [2.45, 2.75) is 19.6 Å². The van der Waals surface area contributed by atoms with Crippen molar-refractivity contribution >= 4 is 49.9 Å². The van der Waals surface area contributed by atoms with Gasteiger partial charge in [0.05, 0.1) is 35.0 Å². The Morgan fingerprint density at radius 1 is 1.11 bits per heavy atom. The third-order valence-corrected chi connectivity index (χ3v) is 6.29. The predicted octanol–water partition coefficient (Wildman–Crippen LogP) is 4.94. The van der Waals surface area contributed by atoms with Crippen LogP contribution in [0.2, 0.25) is 0 Å². The first-order chi connectivity index (χ1) is 17.3. The van der Waals surface area contributed by atoms with Crippen LogP contribution in [0.1, 0.15) is 34.0 Å². The maximum atomic E-state index is 12.4. The molecule has 0 aliphatic carbocycles. The Balaban J connectivity index is 1.63. The number of halogens is 2. The minimum Gasteiger partial charge on any atom is -0.493 e. The summed E-state index contributed by atoms with van der Waals surface area (Å²) in [6, 6.07) is 18.9. The maximum Gasteiger partial charge on any atom is 0.262 e. The summed E-state index contributed by atoms with van der Waals surface area (Å²) in [6.45, 7) is 1.75. The topological polar surface area (TPSA) is 113 Å². The van der Waals surface area contributed by atoms with Crippen LogP contribution in [0.15, 0.2) is 74.7 Å². The molecule has 3 rings (SSSR count). The van der Waals surface area contributed by atoms with Crippen LogP contribution in [0.5, 0.6) is 11.5 Å². The van der Waals surface area contributed by atoms with E-state index in [1.54, 1.807) is 55.5 Å². The number of amides is 2. The van der Waals surface area contributed by atoms with Gasteiger partial charge in [-0.3, -0.25) is 9.59 Å². The molecule has 36 heavy (non-hydrogen) atoms. The molecule has 2 N–H and O–H groups in total. The monoisotopic (exact) mass is 612 g/mol. The highest BCUT2D eigenvalue weighted by Crippen LogP contribution is 2.37. The molecule has 0 saturated heterocycles. The van der Waals surface area contributed by atoms with E-state index in [0.717, 1.165) is 5.56 Å². The summed E-state index contributed by atoms with van der Waals surface area (Å²) in [4.78, 5) is 24.8. The first-order valence-electron chi connectivity index (χ1n) is 10.7. The number of benzene rings is 3. The summed E-state index contributed by atoms with van der Waals surface area (Å²) in [5, 5.41) is 15.9. The number of nitrogens with zero attached hydrogens (tertiary/aromatic N) is 2. The number of hydrogen-bond donors (Lipinski definition) is 2. The molecule has 0 aliphatic rings. The quantitative estimate of drug-likeness (QED) is 0.262. The molecular weight excluding hydrogens is 592 g/mol. The van der Waals surface area contributed by atoms with Crippen LogP contribution in [0.3, 0.4) is 0 Å². The summed E-state index contributed by atoms with van der Waals surface area (Å²) in [5.41, 5.74) is 4.77. The van der Waals surface area contributed by atoms with Gasteiger partial charge in [-0.15, -0.1) is 0 Å². The highest BCUT2D eigenvalue weighted by molar-refractivity contribution is 9.10. The molecular formula is C26H22Br2N4O4. The minimum atomic E-state index is -0.810. The molecule has 10 heteroatoms. The molecule has 0 aliphatic heterocycles. The standard InChI is InChI=1S/C26H22Br2N4O4/c1-16(31-26(34)20-9-5-6-10-21(20)27)25(33)32-30-14-17-11-22(28)24(23(12-17)35-2)36-15-19-8-4-3-7-18(19)13-29/h3-12,14,16H,15H2,1-2H3,(H,31,34)(H,32,33). The van der Waals surface area contributed by atoms with Gasteiger partial charge in [0.2, 0.25) is 0 Å². The Labute approximate surface area is 225 Å². The fourth-order valence-electron chi connectivity index (χ4n) is 3.11. The molecule has 1 atom stereocenters. The van der Waals surface area contributed by atoms with Crippen LogP contribution in [0, 0.1) is 11.3 Å². The van der Waals surface area contributed by atoms with Gasteiger partial charge in [0.25, 0.3) is 11.8 Å². The Bertz CT molecular complexity index is 1340. The average Bonchev–Trinajstić information content (AvgIpc) is 2.88. The fourth-order valence-corrected chi connectivity index (χ4v) is 4.15. The fraction of sp³-hybridized carbons (Fsp3) is 0.154. The Hall–Kier alpha value is -3.68. The molecule has 0 saturated carbocycles. The van der Waals surface area contributed by atoms with Crippen molar-refractivity contribution < 1.29 is 19.1 Å². The van der Waals surface area contributed by atoms with Crippen LogP contribution < -0.4 is 20.2 Å². The molecule has 1 unspecified atom stereocenters. The number of ether oxygens (including phenoxy) is 2. The maximum absolute atomic E-state index is 12.4. The molecule has 184 valence electrons. The second-order valence-electron chi connectivity index (χ2n) is 7.50. The zero-order valence-electron chi connectivity index (χ0n) is 19.4. The number of hydrazone groups is 1. The van der Waals surface area contributed by atoms with Gasteiger partial charge in [0.1, 0.15) is 12.6 Å². The largest absolute Gasteiger partial charge is 0.493 e. The van der Waals surface area contributed by atoms with Crippen LogP contribution >= 0.6 is 31.9 Å². The van der Waals surface area contributed by atoms with Gasteiger partial charge in [-0.05, 0) is 74.7 Å². The molecule has 0 spiro atoms. The molecule has 3 aromatic rings. The zero-order chi connectivity index (χ0) is 26.1. The number of hydrogen-bond acceptors (Lipinski definition) is 6. The first kappa shape index (κ1) is 26.9. The average molecular weight is 614 g/mol. The molecule has 3 aromatic carbocycles. The van der Waals surface area contributed by atoms with Gasteiger partial charge in [0.15, 0.2) is 11.5 Å². The van der Waals surface area contributed by atoms with Gasteiger partial charge in [-0.25, -0.2) is 5.43 Å². The number of nitriles is 1. The lowest BCUT2D eigenvalue weighted by atomic mass is 10.1. The van der Waals surface area contributed by atoms with Crippen molar-refractivity contribution in [3.63, 3.8) is 0 Å². The zero-order valence-corrected chi connectivity index (χ0v) is 22.6. The van der Waals surface area contributed by atoms with Crippen molar-refractivity contribution in [3.8, 4) is 17.6 Å². The number of rotatable bonds is 9. The first-order valence-corrected chi connectivity index (χ1v) is 12.3. The van der Waals surface area contributed by atoms with E-state index in [1.165, 1.54) is 13.3 Å². The highest BCUT2D eigenvalue weighted by Gasteiger charge is 2.18. The molecule has 8 nitrogen and oxygen atoms in total. The SMILES string of the molecule is COc1cc(C=NNC(=O)C(C)NC(=O)c2ccccc2Br)cc(Br)c1OCc1ccccc1C#N. The van der Waals surface area contributed by atoms with Crippen LogP contribution in [0.4, 0.5) is 0 Å². The molecule has 0 fully saturated rings. The third-order valence-electron chi connectivity index (χ3n) is 5.01. The lowest BCUT2D eigenvalue weighted by Crippen LogP contribution is -2.43. The smallest absolute Gasteiger partial charge is 0.262 e. The van der Waals surface area contributed by atoms with E-state index in [0.29, 0.717) is 37.1 Å². The summed E-state index contributed by atoms with van der Waals surface area (Å²) in [5.74, 6) is 0.0556. The number of methoxy groups -OCH3 is 1. The van der Waals surface area contributed by atoms with Crippen molar-refractivity contribution in [1.82, 2.24) is 10.7 Å². The van der Waals surface area contributed by atoms with Gasteiger partial charge in [-0.1, -0.05) is 30.3 Å². The van der Waals surface area contributed by atoms with Gasteiger partial charge >= 0.3 is 0 Å². The van der Waals surface area contributed by atoms with Gasteiger partial charge in [-0.2, -0.15) is 10.4 Å². The summed E-state index contributed by atoms with van der Waals surface area (Å²) in [7, 11) is 1.51. The molecule has 0 aromatic heterocycles. The van der Waals surface area contributed by atoms with Gasteiger partial charge < -0.3 is 14.8 Å². The second-order valence-corrected chi connectivity index (χ2v) is 9.21. The van der Waals surface area contributed by atoms with Crippen molar-refractivity contribution in [2.24, 2.45) is 5.10 Å². The van der Waals surface area contributed by atoms with Crippen LogP contribution in [-0.2, 0) is 11.4 Å². The minimum absolute atomic E-state index is 0.186.